The van der Waals surface area contributed by atoms with Gasteiger partial charge in [0.25, 0.3) is 0 Å². The van der Waals surface area contributed by atoms with Crippen LogP contribution >= 0.6 is 0 Å². The average molecular weight is 432 g/mol. The van der Waals surface area contributed by atoms with Crippen LogP contribution in [0.15, 0.2) is 0 Å². The minimum absolute atomic E-state index is 0.0295. The molecular weight excluding hydrogens is 400 g/mol. The van der Waals surface area contributed by atoms with Gasteiger partial charge in [0.15, 0.2) is 12.1 Å². The van der Waals surface area contributed by atoms with Crippen molar-refractivity contribution in [2.45, 2.75) is 89.5 Å². The zero-order valence-corrected chi connectivity index (χ0v) is 18.2. The van der Waals surface area contributed by atoms with E-state index in [1.165, 1.54) is 7.11 Å². The minimum Gasteiger partial charge on any atom is -0.481 e. The molecule has 0 aromatic rings. The fourth-order valence-corrected chi connectivity index (χ4v) is 3.39. The number of amides is 2. The standard InChI is InChI=1S/C19H32N2O9/c1-18(2,3)30-17(25)21-10(9-11(22)20-8-7-12(23)24)13-14(26-6)15-16(27-13)29-19(4,5)28-15/h10,13-16H,7-9H2,1-6H3,(H,20,22)(H,21,25)(H,23,24). The van der Waals surface area contributed by atoms with Crippen LogP contribution in [0.4, 0.5) is 4.79 Å². The van der Waals surface area contributed by atoms with E-state index in [-0.39, 0.29) is 19.4 Å². The van der Waals surface area contributed by atoms with E-state index in [0.717, 1.165) is 0 Å². The van der Waals surface area contributed by atoms with Gasteiger partial charge in [-0.15, -0.1) is 0 Å². The first-order valence-corrected chi connectivity index (χ1v) is 9.83. The van der Waals surface area contributed by atoms with E-state index in [1.807, 2.05) is 0 Å². The molecule has 0 spiro atoms. The second kappa shape index (κ2) is 9.46. The second-order valence-electron chi connectivity index (χ2n) is 8.72. The summed E-state index contributed by atoms with van der Waals surface area (Å²) in [6.07, 6.45) is -3.71. The Kier molecular flexibility index (Phi) is 7.67. The van der Waals surface area contributed by atoms with Crippen molar-refractivity contribution >= 4 is 18.0 Å². The number of fused-ring (bicyclic) bond motifs is 1. The van der Waals surface area contributed by atoms with Crippen molar-refractivity contribution in [2.24, 2.45) is 0 Å². The van der Waals surface area contributed by atoms with E-state index in [2.05, 4.69) is 10.6 Å². The number of alkyl carbamates (subject to hydrolysis) is 1. The molecule has 2 aliphatic heterocycles. The lowest BCUT2D eigenvalue weighted by Gasteiger charge is -2.31. The smallest absolute Gasteiger partial charge is 0.407 e. The highest BCUT2D eigenvalue weighted by molar-refractivity contribution is 5.78. The predicted molar refractivity (Wildman–Crippen MR) is 103 cm³/mol. The summed E-state index contributed by atoms with van der Waals surface area (Å²) in [7, 11) is 1.48. The highest BCUT2D eigenvalue weighted by Crippen LogP contribution is 2.39. The molecule has 2 amide bonds. The highest BCUT2D eigenvalue weighted by Gasteiger charge is 2.57. The van der Waals surface area contributed by atoms with Gasteiger partial charge in [-0.25, -0.2) is 4.79 Å². The van der Waals surface area contributed by atoms with Crippen molar-refractivity contribution in [2.75, 3.05) is 13.7 Å². The molecule has 2 fully saturated rings. The Bertz CT molecular complexity index is 646. The molecule has 5 unspecified atom stereocenters. The Hall–Kier alpha value is -1.95. The van der Waals surface area contributed by atoms with E-state index >= 15 is 0 Å². The summed E-state index contributed by atoms with van der Waals surface area (Å²) >= 11 is 0. The highest BCUT2D eigenvalue weighted by atomic mass is 16.8. The molecular formula is C19H32N2O9. The fourth-order valence-electron chi connectivity index (χ4n) is 3.39. The Morgan fingerprint density at radius 3 is 2.43 bits per heavy atom. The summed E-state index contributed by atoms with van der Waals surface area (Å²) in [6, 6.07) is -0.824. The van der Waals surface area contributed by atoms with Crippen LogP contribution in [0, 0.1) is 0 Å². The van der Waals surface area contributed by atoms with Gasteiger partial charge in [-0.05, 0) is 34.6 Å². The molecule has 0 saturated carbocycles. The SMILES string of the molecule is COC1C(C(CC(=O)NCCC(=O)O)NC(=O)OC(C)(C)C)OC2OC(C)(C)OC21. The molecule has 2 aliphatic rings. The van der Waals surface area contributed by atoms with Crippen LogP contribution in [0.25, 0.3) is 0 Å². The van der Waals surface area contributed by atoms with E-state index in [0.29, 0.717) is 0 Å². The van der Waals surface area contributed by atoms with Crippen LogP contribution in [-0.4, -0.2) is 78.8 Å². The number of carbonyl (C=O) groups excluding carboxylic acids is 2. The maximum absolute atomic E-state index is 12.4. The van der Waals surface area contributed by atoms with Gasteiger partial charge in [0, 0.05) is 20.1 Å². The molecule has 30 heavy (non-hydrogen) atoms. The molecule has 0 radical (unpaired) electrons. The fraction of sp³-hybridized carbons (Fsp3) is 0.842. The number of carboxylic acid groups (broad SMARTS) is 1. The lowest BCUT2D eigenvalue weighted by Crippen LogP contribution is -2.52. The number of aliphatic carboxylic acids is 1. The van der Waals surface area contributed by atoms with Gasteiger partial charge in [0.2, 0.25) is 5.91 Å². The molecule has 0 bridgehead atoms. The molecule has 2 heterocycles. The Labute approximate surface area is 175 Å². The first-order valence-electron chi connectivity index (χ1n) is 9.83. The average Bonchev–Trinajstić information content (AvgIpc) is 3.03. The van der Waals surface area contributed by atoms with E-state index in [9.17, 15) is 14.4 Å². The Morgan fingerprint density at radius 1 is 1.20 bits per heavy atom. The Balaban J connectivity index is 2.11. The third kappa shape index (κ3) is 6.79. The van der Waals surface area contributed by atoms with Crippen molar-refractivity contribution in [3.8, 4) is 0 Å². The molecule has 2 saturated heterocycles. The topological polar surface area (TPSA) is 142 Å². The summed E-state index contributed by atoms with van der Waals surface area (Å²) in [5.41, 5.74) is -0.734. The normalized spacial score (nSPS) is 28.5. The maximum atomic E-state index is 12.4. The zero-order chi connectivity index (χ0) is 22.7. The number of hydrogen-bond acceptors (Lipinski definition) is 8. The van der Waals surface area contributed by atoms with Gasteiger partial charge in [0.05, 0.1) is 12.5 Å². The zero-order valence-electron chi connectivity index (χ0n) is 18.2. The summed E-state index contributed by atoms with van der Waals surface area (Å²) < 4.78 is 28.4. The van der Waals surface area contributed by atoms with Crippen molar-refractivity contribution in [3.05, 3.63) is 0 Å². The quantitative estimate of drug-likeness (QED) is 0.506. The number of carboxylic acids is 1. The third-order valence-corrected chi connectivity index (χ3v) is 4.46. The molecule has 172 valence electrons. The van der Waals surface area contributed by atoms with Crippen LogP contribution in [0.3, 0.4) is 0 Å². The lowest BCUT2D eigenvalue weighted by atomic mass is 10.00. The first-order chi connectivity index (χ1) is 13.8. The summed E-state index contributed by atoms with van der Waals surface area (Å²) in [4.78, 5) is 35.3. The van der Waals surface area contributed by atoms with Gasteiger partial charge in [-0.2, -0.15) is 0 Å². The number of methoxy groups -OCH3 is 1. The number of nitrogens with one attached hydrogen (secondary N) is 2. The van der Waals surface area contributed by atoms with Crippen LogP contribution in [0.1, 0.15) is 47.5 Å². The summed E-state index contributed by atoms with van der Waals surface area (Å²) in [6.45, 7) is 8.64. The number of hydrogen-bond donors (Lipinski definition) is 3. The van der Waals surface area contributed by atoms with Crippen molar-refractivity contribution in [1.29, 1.82) is 0 Å². The van der Waals surface area contributed by atoms with Gasteiger partial charge < -0.3 is 39.4 Å². The molecule has 0 aliphatic carbocycles. The van der Waals surface area contributed by atoms with Crippen LogP contribution in [-0.2, 0) is 33.3 Å². The number of rotatable bonds is 8. The van der Waals surface area contributed by atoms with Crippen LogP contribution < -0.4 is 10.6 Å². The van der Waals surface area contributed by atoms with E-state index in [1.54, 1.807) is 34.6 Å². The van der Waals surface area contributed by atoms with Crippen LogP contribution in [0.5, 0.6) is 0 Å². The van der Waals surface area contributed by atoms with Crippen molar-refractivity contribution in [1.82, 2.24) is 10.6 Å². The van der Waals surface area contributed by atoms with Gasteiger partial charge >= 0.3 is 12.1 Å². The molecule has 5 atom stereocenters. The second-order valence-corrected chi connectivity index (χ2v) is 8.72. The first kappa shape index (κ1) is 24.3. The maximum Gasteiger partial charge on any atom is 0.407 e. The molecule has 0 aromatic heterocycles. The van der Waals surface area contributed by atoms with E-state index in [4.69, 9.17) is 28.8 Å². The van der Waals surface area contributed by atoms with Crippen molar-refractivity contribution < 1.29 is 43.2 Å². The minimum atomic E-state index is -1.03. The van der Waals surface area contributed by atoms with Gasteiger partial charge in [-0.1, -0.05) is 0 Å². The molecule has 0 aromatic carbocycles. The molecule has 11 heteroatoms. The Morgan fingerprint density at radius 2 is 1.87 bits per heavy atom. The molecule has 3 N–H and O–H groups in total. The largest absolute Gasteiger partial charge is 0.481 e. The van der Waals surface area contributed by atoms with Crippen molar-refractivity contribution in [3.63, 3.8) is 0 Å². The summed E-state index contributed by atoms with van der Waals surface area (Å²) in [5, 5.41) is 13.9. The predicted octanol–water partition coefficient (Wildman–Crippen LogP) is 0.752. The van der Waals surface area contributed by atoms with Gasteiger partial charge in [-0.3, -0.25) is 9.59 Å². The van der Waals surface area contributed by atoms with E-state index < -0.39 is 60.0 Å². The van der Waals surface area contributed by atoms with Gasteiger partial charge in [0.1, 0.15) is 23.9 Å². The number of ether oxygens (including phenoxy) is 5. The number of carbonyl (C=O) groups is 3. The third-order valence-electron chi connectivity index (χ3n) is 4.46. The lowest BCUT2D eigenvalue weighted by molar-refractivity contribution is -0.220. The monoisotopic (exact) mass is 432 g/mol. The molecule has 11 nitrogen and oxygen atoms in total. The molecule has 2 rings (SSSR count). The van der Waals surface area contributed by atoms with Crippen LogP contribution in [0.2, 0.25) is 0 Å². The summed E-state index contributed by atoms with van der Waals surface area (Å²) in [5.74, 6) is -2.32.